The summed E-state index contributed by atoms with van der Waals surface area (Å²) in [6.07, 6.45) is 4.01. The van der Waals surface area contributed by atoms with E-state index in [9.17, 15) is 9.18 Å². The van der Waals surface area contributed by atoms with Gasteiger partial charge >= 0.3 is 0 Å². The van der Waals surface area contributed by atoms with Gasteiger partial charge in [0.25, 0.3) is 5.91 Å². The molecule has 0 unspecified atom stereocenters. The third kappa shape index (κ3) is 3.57. The van der Waals surface area contributed by atoms with E-state index in [0.29, 0.717) is 19.7 Å². The SMILES string of the molecule is O=C([C@H]1CCC2(CCN(Cc3ccccc3F)CC2)O1)N1CCCO1. The number of hydroxylamine groups is 2. The van der Waals surface area contributed by atoms with Gasteiger partial charge < -0.3 is 4.74 Å². The Kier molecular flexibility index (Phi) is 4.75. The van der Waals surface area contributed by atoms with Crippen LogP contribution in [0, 0.1) is 5.82 Å². The van der Waals surface area contributed by atoms with Crippen LogP contribution in [0.4, 0.5) is 4.39 Å². The van der Waals surface area contributed by atoms with Gasteiger partial charge in [-0.3, -0.25) is 14.5 Å². The molecule has 0 N–H and O–H groups in total. The van der Waals surface area contributed by atoms with Crippen molar-refractivity contribution < 1.29 is 18.8 Å². The van der Waals surface area contributed by atoms with E-state index in [0.717, 1.165) is 50.8 Å². The van der Waals surface area contributed by atoms with Gasteiger partial charge in [0.05, 0.1) is 18.8 Å². The van der Waals surface area contributed by atoms with Crippen molar-refractivity contribution in [3.63, 3.8) is 0 Å². The molecule has 1 atom stereocenters. The first-order valence-corrected chi connectivity index (χ1v) is 9.23. The molecular weight excluding hydrogens is 323 g/mol. The molecule has 1 aromatic carbocycles. The second-order valence-corrected chi connectivity index (χ2v) is 7.32. The summed E-state index contributed by atoms with van der Waals surface area (Å²) in [6, 6.07) is 6.95. The maximum Gasteiger partial charge on any atom is 0.275 e. The van der Waals surface area contributed by atoms with Crippen LogP contribution in [0.5, 0.6) is 0 Å². The zero-order valence-electron chi connectivity index (χ0n) is 14.5. The largest absolute Gasteiger partial charge is 0.362 e. The summed E-state index contributed by atoms with van der Waals surface area (Å²) in [5.41, 5.74) is 0.552. The van der Waals surface area contributed by atoms with Gasteiger partial charge in [0.15, 0.2) is 0 Å². The molecule has 136 valence electrons. The van der Waals surface area contributed by atoms with Crippen LogP contribution in [0.2, 0.25) is 0 Å². The van der Waals surface area contributed by atoms with Crippen molar-refractivity contribution in [3.8, 4) is 0 Å². The number of hydrogen-bond acceptors (Lipinski definition) is 4. The lowest BCUT2D eigenvalue weighted by Gasteiger charge is -2.39. The zero-order chi connectivity index (χ0) is 17.3. The summed E-state index contributed by atoms with van der Waals surface area (Å²) >= 11 is 0. The number of carbonyl (C=O) groups excluding carboxylic acids is 1. The molecule has 0 saturated carbocycles. The maximum atomic E-state index is 13.8. The van der Waals surface area contributed by atoms with Gasteiger partial charge in [-0.1, -0.05) is 18.2 Å². The fraction of sp³-hybridized carbons (Fsp3) is 0.632. The number of nitrogens with zero attached hydrogens (tertiary/aromatic N) is 2. The Balaban J connectivity index is 1.31. The Hall–Kier alpha value is -1.50. The predicted octanol–water partition coefficient (Wildman–Crippen LogP) is 2.50. The van der Waals surface area contributed by atoms with Crippen LogP contribution in [0.15, 0.2) is 24.3 Å². The highest BCUT2D eigenvalue weighted by Gasteiger charge is 2.46. The molecule has 0 bridgehead atoms. The van der Waals surface area contributed by atoms with E-state index < -0.39 is 0 Å². The molecule has 4 rings (SSSR count). The van der Waals surface area contributed by atoms with Crippen molar-refractivity contribution in [3.05, 3.63) is 35.6 Å². The van der Waals surface area contributed by atoms with Crippen molar-refractivity contribution in [1.82, 2.24) is 9.96 Å². The molecule has 3 aliphatic heterocycles. The molecule has 0 aromatic heterocycles. The topological polar surface area (TPSA) is 42.0 Å². The second-order valence-electron chi connectivity index (χ2n) is 7.32. The fourth-order valence-electron chi connectivity index (χ4n) is 4.12. The molecule has 3 saturated heterocycles. The van der Waals surface area contributed by atoms with Crippen molar-refractivity contribution in [1.29, 1.82) is 0 Å². The first-order chi connectivity index (χ1) is 12.2. The number of benzene rings is 1. The van der Waals surface area contributed by atoms with Gasteiger partial charge in [-0.15, -0.1) is 0 Å². The molecule has 6 heteroatoms. The average Bonchev–Trinajstić information content (AvgIpc) is 3.29. The number of ether oxygens (including phenoxy) is 1. The van der Waals surface area contributed by atoms with E-state index in [2.05, 4.69) is 4.90 Å². The van der Waals surface area contributed by atoms with Crippen LogP contribution < -0.4 is 0 Å². The van der Waals surface area contributed by atoms with Crippen molar-refractivity contribution >= 4 is 5.91 Å². The Labute approximate surface area is 147 Å². The number of likely N-dealkylation sites (tertiary alicyclic amines) is 1. The number of halogens is 1. The monoisotopic (exact) mass is 348 g/mol. The molecule has 0 aliphatic carbocycles. The third-order valence-corrected chi connectivity index (χ3v) is 5.65. The number of piperidine rings is 1. The summed E-state index contributed by atoms with van der Waals surface area (Å²) in [6.45, 7) is 3.66. The molecule has 25 heavy (non-hydrogen) atoms. The highest BCUT2D eigenvalue weighted by molar-refractivity contribution is 5.80. The molecule has 0 radical (unpaired) electrons. The first kappa shape index (κ1) is 16.9. The average molecular weight is 348 g/mol. The summed E-state index contributed by atoms with van der Waals surface area (Å²) in [4.78, 5) is 20.1. The Morgan fingerprint density at radius 1 is 1.20 bits per heavy atom. The van der Waals surface area contributed by atoms with Crippen molar-refractivity contribution in [2.75, 3.05) is 26.2 Å². The molecule has 3 aliphatic rings. The van der Waals surface area contributed by atoms with E-state index in [1.165, 1.54) is 11.1 Å². The van der Waals surface area contributed by atoms with E-state index in [1.807, 2.05) is 12.1 Å². The lowest BCUT2D eigenvalue weighted by Crippen LogP contribution is -2.45. The second kappa shape index (κ2) is 7.02. The van der Waals surface area contributed by atoms with E-state index in [4.69, 9.17) is 9.57 Å². The van der Waals surface area contributed by atoms with Crippen LogP contribution in [-0.4, -0.2) is 53.8 Å². The van der Waals surface area contributed by atoms with Crippen LogP contribution in [-0.2, 0) is 20.9 Å². The number of rotatable bonds is 3. The smallest absolute Gasteiger partial charge is 0.275 e. The zero-order valence-corrected chi connectivity index (χ0v) is 14.5. The fourth-order valence-corrected chi connectivity index (χ4v) is 4.12. The number of amides is 1. The van der Waals surface area contributed by atoms with Crippen molar-refractivity contribution in [2.24, 2.45) is 0 Å². The minimum absolute atomic E-state index is 0.0249. The molecule has 3 heterocycles. The normalized spacial score (nSPS) is 26.4. The molecule has 5 nitrogen and oxygen atoms in total. The third-order valence-electron chi connectivity index (χ3n) is 5.65. The highest BCUT2D eigenvalue weighted by atomic mass is 19.1. The Morgan fingerprint density at radius 3 is 2.72 bits per heavy atom. The predicted molar refractivity (Wildman–Crippen MR) is 90.0 cm³/mol. The van der Waals surface area contributed by atoms with Gasteiger partial charge in [-0.05, 0) is 38.2 Å². The van der Waals surface area contributed by atoms with Gasteiger partial charge in [0.1, 0.15) is 11.9 Å². The van der Waals surface area contributed by atoms with Gasteiger partial charge in [-0.2, -0.15) is 0 Å². The minimum atomic E-state index is -0.365. The van der Waals surface area contributed by atoms with Gasteiger partial charge in [-0.25, -0.2) is 9.45 Å². The Morgan fingerprint density at radius 2 is 2.00 bits per heavy atom. The molecule has 1 amide bonds. The summed E-state index contributed by atoms with van der Waals surface area (Å²) in [5, 5.41) is 1.47. The van der Waals surface area contributed by atoms with E-state index >= 15 is 0 Å². The lowest BCUT2D eigenvalue weighted by atomic mass is 9.88. The molecule has 3 fully saturated rings. The van der Waals surface area contributed by atoms with Crippen molar-refractivity contribution in [2.45, 2.75) is 50.4 Å². The quantitative estimate of drug-likeness (QED) is 0.842. The maximum absolute atomic E-state index is 13.8. The van der Waals surface area contributed by atoms with Crippen LogP contribution in [0.25, 0.3) is 0 Å². The Bertz CT molecular complexity index is 625. The summed E-state index contributed by atoms with van der Waals surface area (Å²) in [7, 11) is 0. The minimum Gasteiger partial charge on any atom is -0.362 e. The van der Waals surface area contributed by atoms with Crippen LogP contribution in [0.1, 0.15) is 37.7 Å². The standard InChI is InChI=1S/C19H25FN2O3/c20-16-5-2-1-4-15(16)14-21-11-8-19(9-12-21)7-6-17(25-19)18(23)22-10-3-13-24-22/h1-2,4-5,17H,3,6-14H2/t17-/m1/s1. The molecular formula is C19H25FN2O3. The van der Waals surface area contributed by atoms with Gasteiger partial charge in [0, 0.05) is 25.2 Å². The molecule has 1 spiro atoms. The number of hydrogen-bond donors (Lipinski definition) is 0. The molecule has 1 aromatic rings. The van der Waals surface area contributed by atoms with Crippen LogP contribution in [0.3, 0.4) is 0 Å². The van der Waals surface area contributed by atoms with Crippen LogP contribution >= 0.6 is 0 Å². The number of carbonyl (C=O) groups is 1. The first-order valence-electron chi connectivity index (χ1n) is 9.23. The van der Waals surface area contributed by atoms with E-state index in [-0.39, 0.29) is 23.4 Å². The highest BCUT2D eigenvalue weighted by Crippen LogP contribution is 2.39. The van der Waals surface area contributed by atoms with Gasteiger partial charge in [0.2, 0.25) is 0 Å². The lowest BCUT2D eigenvalue weighted by molar-refractivity contribution is -0.185. The van der Waals surface area contributed by atoms with E-state index in [1.54, 1.807) is 6.07 Å². The summed E-state index contributed by atoms with van der Waals surface area (Å²) in [5.74, 6) is -0.167. The summed E-state index contributed by atoms with van der Waals surface area (Å²) < 4.78 is 20.0.